The number of aryl methyl sites for hydroxylation is 1. The van der Waals surface area contributed by atoms with Crippen molar-refractivity contribution in [3.05, 3.63) is 63.9 Å². The number of fused-ring (bicyclic) bond motifs is 1. The molecule has 0 saturated carbocycles. The van der Waals surface area contributed by atoms with Gasteiger partial charge in [0.25, 0.3) is 10.0 Å². The second-order valence-corrected chi connectivity index (χ2v) is 10.9. The van der Waals surface area contributed by atoms with Crippen LogP contribution in [0.4, 0.5) is 20.9 Å². The number of benzene rings is 2. The van der Waals surface area contributed by atoms with E-state index in [0.717, 1.165) is 16.9 Å². The molecule has 1 amide bonds. The van der Waals surface area contributed by atoms with Gasteiger partial charge in [-0.3, -0.25) is 9.52 Å². The quantitative estimate of drug-likeness (QED) is 0.560. The van der Waals surface area contributed by atoms with Crippen LogP contribution in [0.5, 0.6) is 0 Å². The van der Waals surface area contributed by atoms with E-state index < -0.39 is 15.8 Å². The van der Waals surface area contributed by atoms with Gasteiger partial charge in [-0.2, -0.15) is 0 Å². The van der Waals surface area contributed by atoms with Crippen LogP contribution in [0.1, 0.15) is 17.7 Å². The molecule has 3 aromatic rings. The number of sulfonamides is 1. The van der Waals surface area contributed by atoms with Gasteiger partial charge in [-0.1, -0.05) is 11.6 Å². The first-order valence-corrected chi connectivity index (χ1v) is 13.1. The van der Waals surface area contributed by atoms with E-state index >= 15 is 0 Å². The van der Waals surface area contributed by atoms with Gasteiger partial charge in [-0.15, -0.1) is 11.3 Å². The van der Waals surface area contributed by atoms with E-state index in [1.807, 2.05) is 4.90 Å². The van der Waals surface area contributed by atoms with Crippen molar-refractivity contribution in [3.8, 4) is 0 Å². The van der Waals surface area contributed by atoms with E-state index in [2.05, 4.69) is 9.71 Å². The zero-order valence-electron chi connectivity index (χ0n) is 17.6. The van der Waals surface area contributed by atoms with Gasteiger partial charge < -0.3 is 9.80 Å². The second kappa shape index (κ2) is 8.27. The minimum atomic E-state index is -3.78. The molecule has 7 nitrogen and oxygen atoms in total. The maximum atomic E-state index is 13.8. The highest BCUT2D eigenvalue weighted by Gasteiger charge is 2.39. The van der Waals surface area contributed by atoms with E-state index in [9.17, 15) is 17.6 Å². The molecule has 5 rings (SSSR count). The summed E-state index contributed by atoms with van der Waals surface area (Å²) in [5, 5.41) is 2.19. The summed E-state index contributed by atoms with van der Waals surface area (Å²) in [6.45, 7) is 2.89. The molecular weight excluding hydrogens is 487 g/mol. The van der Waals surface area contributed by atoms with E-state index in [4.69, 9.17) is 11.6 Å². The van der Waals surface area contributed by atoms with Crippen LogP contribution in [-0.4, -0.2) is 38.4 Å². The van der Waals surface area contributed by atoms with Gasteiger partial charge in [0.05, 0.1) is 15.6 Å². The first-order valence-electron chi connectivity index (χ1n) is 10.3. The minimum Gasteiger partial charge on any atom is -0.359 e. The summed E-state index contributed by atoms with van der Waals surface area (Å²) < 4.78 is 41.5. The number of carbonyl (C=O) groups is 1. The number of halogens is 2. The predicted molar refractivity (Wildman–Crippen MR) is 127 cm³/mol. The third-order valence-corrected chi connectivity index (χ3v) is 8.70. The Kier molecular flexibility index (Phi) is 5.54. The number of thiazole rings is 1. The van der Waals surface area contributed by atoms with Gasteiger partial charge >= 0.3 is 0 Å². The Morgan fingerprint density at radius 3 is 2.64 bits per heavy atom. The standard InChI is InChI=1S/C22H20ClFN4O3S2/c1-13-12-32-22(25-13)26-33(30,31)15-4-2-14(3-5-15)27-11-9-19(21(27)29)28-10-8-16-18(28)7-6-17(24)20(16)23/h2-7,12,19H,8-11H2,1H3,(H,25,26)/t19-/m0/s1. The molecule has 1 fully saturated rings. The molecule has 2 aliphatic heterocycles. The summed E-state index contributed by atoms with van der Waals surface area (Å²) in [6.07, 6.45) is 1.20. The molecule has 0 spiro atoms. The highest BCUT2D eigenvalue weighted by molar-refractivity contribution is 7.93. The fourth-order valence-electron chi connectivity index (χ4n) is 4.36. The van der Waals surface area contributed by atoms with E-state index in [1.165, 1.54) is 29.5 Å². The Balaban J connectivity index is 1.33. The van der Waals surface area contributed by atoms with Crippen LogP contribution < -0.4 is 14.5 Å². The Morgan fingerprint density at radius 2 is 1.94 bits per heavy atom. The number of amides is 1. The largest absolute Gasteiger partial charge is 0.359 e. The maximum absolute atomic E-state index is 13.8. The van der Waals surface area contributed by atoms with Crippen molar-refractivity contribution in [3.63, 3.8) is 0 Å². The highest BCUT2D eigenvalue weighted by Crippen LogP contribution is 2.38. The molecule has 172 valence electrons. The van der Waals surface area contributed by atoms with Crippen molar-refractivity contribution in [2.45, 2.75) is 30.7 Å². The number of rotatable bonds is 5. The Bertz CT molecular complexity index is 1340. The minimum absolute atomic E-state index is 0.0738. The van der Waals surface area contributed by atoms with Crippen molar-refractivity contribution < 1.29 is 17.6 Å². The fourth-order valence-corrected chi connectivity index (χ4v) is 6.55. The molecule has 2 aromatic carbocycles. The number of anilines is 3. The smallest absolute Gasteiger partial charge is 0.263 e. The van der Waals surface area contributed by atoms with Crippen LogP contribution in [0.25, 0.3) is 0 Å². The van der Waals surface area contributed by atoms with Gasteiger partial charge in [-0.25, -0.2) is 17.8 Å². The fraction of sp³-hybridized carbons (Fsp3) is 0.273. The Hall–Kier alpha value is -2.69. The van der Waals surface area contributed by atoms with E-state index in [0.29, 0.717) is 36.8 Å². The molecule has 0 unspecified atom stereocenters. The zero-order chi connectivity index (χ0) is 23.3. The zero-order valence-corrected chi connectivity index (χ0v) is 20.0. The van der Waals surface area contributed by atoms with Crippen LogP contribution in [-0.2, 0) is 21.2 Å². The lowest BCUT2D eigenvalue weighted by Crippen LogP contribution is -2.41. The first kappa shape index (κ1) is 22.1. The van der Waals surface area contributed by atoms with Crippen molar-refractivity contribution in [2.24, 2.45) is 0 Å². The van der Waals surface area contributed by atoms with Crippen molar-refractivity contribution in [1.29, 1.82) is 0 Å². The molecule has 1 N–H and O–H groups in total. The van der Waals surface area contributed by atoms with Crippen molar-refractivity contribution >= 4 is 55.4 Å². The SMILES string of the molecule is Cc1csc(NS(=O)(=O)c2ccc(N3CC[C@H](N4CCc5c4ccc(F)c5Cl)C3=O)cc2)n1. The Morgan fingerprint density at radius 1 is 1.18 bits per heavy atom. The molecule has 1 aromatic heterocycles. The third kappa shape index (κ3) is 3.96. The lowest BCUT2D eigenvalue weighted by Gasteiger charge is -2.26. The average molecular weight is 507 g/mol. The van der Waals surface area contributed by atoms with Crippen LogP contribution in [0.2, 0.25) is 5.02 Å². The molecule has 0 aliphatic carbocycles. The summed E-state index contributed by atoms with van der Waals surface area (Å²) in [7, 11) is -3.78. The summed E-state index contributed by atoms with van der Waals surface area (Å²) in [5.41, 5.74) is 2.90. The molecule has 2 aliphatic rings. The van der Waals surface area contributed by atoms with E-state index in [-0.39, 0.29) is 21.9 Å². The van der Waals surface area contributed by atoms with Gasteiger partial charge in [0.2, 0.25) is 5.91 Å². The topological polar surface area (TPSA) is 82.6 Å². The van der Waals surface area contributed by atoms with Gasteiger partial charge in [0.1, 0.15) is 11.9 Å². The summed E-state index contributed by atoms with van der Waals surface area (Å²) in [6, 6.07) is 8.86. The number of aromatic nitrogens is 1. The van der Waals surface area contributed by atoms with Crippen LogP contribution in [0.3, 0.4) is 0 Å². The number of hydrogen-bond donors (Lipinski definition) is 1. The molecule has 1 saturated heterocycles. The van der Waals surface area contributed by atoms with Crippen molar-refractivity contribution in [2.75, 3.05) is 27.6 Å². The number of hydrogen-bond acceptors (Lipinski definition) is 6. The monoisotopic (exact) mass is 506 g/mol. The molecule has 0 radical (unpaired) electrons. The molecule has 11 heteroatoms. The van der Waals surface area contributed by atoms with Gasteiger partial charge in [-0.05, 0) is 61.7 Å². The summed E-state index contributed by atoms with van der Waals surface area (Å²) in [5.74, 6) is -0.526. The van der Waals surface area contributed by atoms with Gasteiger partial charge in [0.15, 0.2) is 5.13 Å². The van der Waals surface area contributed by atoms with Crippen LogP contribution >= 0.6 is 22.9 Å². The maximum Gasteiger partial charge on any atom is 0.263 e. The predicted octanol–water partition coefficient (Wildman–Crippen LogP) is 4.21. The molecule has 3 heterocycles. The van der Waals surface area contributed by atoms with Crippen molar-refractivity contribution in [1.82, 2.24) is 4.98 Å². The first-order chi connectivity index (χ1) is 15.7. The summed E-state index contributed by atoms with van der Waals surface area (Å²) >= 11 is 7.34. The normalized spacial score (nSPS) is 18.2. The third-order valence-electron chi connectivity index (χ3n) is 5.94. The van der Waals surface area contributed by atoms with Gasteiger partial charge in [0, 0.05) is 29.8 Å². The average Bonchev–Trinajstić information content (AvgIpc) is 3.49. The highest BCUT2D eigenvalue weighted by atomic mass is 35.5. The molecule has 0 bridgehead atoms. The second-order valence-electron chi connectivity index (χ2n) is 7.99. The lowest BCUT2D eigenvalue weighted by atomic mass is 10.1. The number of carbonyl (C=O) groups excluding carboxylic acids is 1. The molecule has 33 heavy (non-hydrogen) atoms. The van der Waals surface area contributed by atoms with Crippen LogP contribution in [0, 0.1) is 12.7 Å². The molecule has 1 atom stereocenters. The summed E-state index contributed by atoms with van der Waals surface area (Å²) in [4.78, 5) is 21.1. The number of nitrogens with zero attached hydrogens (tertiary/aromatic N) is 3. The lowest BCUT2D eigenvalue weighted by molar-refractivity contribution is -0.118. The number of nitrogens with one attached hydrogen (secondary N) is 1. The Labute approximate surface area is 199 Å². The van der Waals surface area contributed by atoms with Crippen LogP contribution in [0.15, 0.2) is 46.7 Å². The molecular formula is C22H20ClFN4O3S2. The van der Waals surface area contributed by atoms with E-state index in [1.54, 1.807) is 35.4 Å².